The van der Waals surface area contributed by atoms with Crippen molar-refractivity contribution < 1.29 is 9.53 Å². The Hall–Kier alpha value is -1.84. The topological polar surface area (TPSA) is 50.7 Å². The van der Waals surface area contributed by atoms with Crippen molar-refractivity contribution in [3.05, 3.63) is 35.4 Å². The smallest absolute Gasteiger partial charge is 0.428 e. The standard InChI is InChI=1S/C15H22N2O2/c1-6-12-7-9-13(10-8-12)11(2)16-17-14(18)19-15(3,4)5/h7-10H,6H2,1-5H3,(H,17,18)/b16-11+. The molecule has 0 unspecified atom stereocenters. The lowest BCUT2D eigenvalue weighted by atomic mass is 10.1. The lowest BCUT2D eigenvalue weighted by Gasteiger charge is -2.18. The van der Waals surface area contributed by atoms with Gasteiger partial charge in [0.2, 0.25) is 0 Å². The average Bonchev–Trinajstić information content (AvgIpc) is 2.34. The third-order valence-electron chi connectivity index (χ3n) is 2.49. The molecule has 0 aromatic heterocycles. The van der Waals surface area contributed by atoms with Gasteiger partial charge in [-0.1, -0.05) is 31.2 Å². The summed E-state index contributed by atoms with van der Waals surface area (Å²) in [5.74, 6) is 0. The van der Waals surface area contributed by atoms with Crippen molar-refractivity contribution in [3.63, 3.8) is 0 Å². The number of benzene rings is 1. The number of carbonyl (C=O) groups excluding carboxylic acids is 1. The van der Waals surface area contributed by atoms with Gasteiger partial charge in [0.15, 0.2) is 0 Å². The summed E-state index contributed by atoms with van der Waals surface area (Å²) < 4.78 is 5.10. The summed E-state index contributed by atoms with van der Waals surface area (Å²) in [6.07, 6.45) is 0.462. The molecule has 1 N–H and O–H groups in total. The van der Waals surface area contributed by atoms with Crippen LogP contribution < -0.4 is 5.43 Å². The molecule has 19 heavy (non-hydrogen) atoms. The molecule has 0 radical (unpaired) electrons. The van der Waals surface area contributed by atoms with Crippen LogP contribution in [0.3, 0.4) is 0 Å². The third-order valence-corrected chi connectivity index (χ3v) is 2.49. The summed E-state index contributed by atoms with van der Waals surface area (Å²) in [5.41, 5.74) is 4.87. The van der Waals surface area contributed by atoms with Gasteiger partial charge in [0.1, 0.15) is 5.60 Å². The zero-order valence-electron chi connectivity index (χ0n) is 12.3. The van der Waals surface area contributed by atoms with Crippen LogP contribution in [-0.4, -0.2) is 17.4 Å². The summed E-state index contributed by atoms with van der Waals surface area (Å²) in [4.78, 5) is 11.5. The van der Waals surface area contributed by atoms with Gasteiger partial charge >= 0.3 is 6.09 Å². The predicted molar refractivity (Wildman–Crippen MR) is 77.4 cm³/mol. The van der Waals surface area contributed by atoms with Gasteiger partial charge in [-0.05, 0) is 45.2 Å². The van der Waals surface area contributed by atoms with Crippen LogP contribution in [0.15, 0.2) is 29.4 Å². The fraction of sp³-hybridized carbons (Fsp3) is 0.467. The van der Waals surface area contributed by atoms with E-state index in [9.17, 15) is 4.79 Å². The van der Waals surface area contributed by atoms with E-state index in [-0.39, 0.29) is 0 Å². The van der Waals surface area contributed by atoms with E-state index < -0.39 is 11.7 Å². The number of nitrogens with one attached hydrogen (secondary N) is 1. The molecule has 0 aliphatic carbocycles. The van der Waals surface area contributed by atoms with E-state index in [4.69, 9.17) is 4.74 Å². The first kappa shape index (κ1) is 15.2. The minimum Gasteiger partial charge on any atom is -0.443 e. The van der Waals surface area contributed by atoms with Gasteiger partial charge in [-0.2, -0.15) is 5.10 Å². The number of hydrogen-bond acceptors (Lipinski definition) is 3. The van der Waals surface area contributed by atoms with Crippen molar-refractivity contribution in [1.82, 2.24) is 5.43 Å². The molecule has 0 atom stereocenters. The molecule has 0 aliphatic rings. The Kier molecular flexibility index (Phi) is 5.10. The van der Waals surface area contributed by atoms with Crippen molar-refractivity contribution in [2.45, 2.75) is 46.6 Å². The number of carbonyl (C=O) groups is 1. The van der Waals surface area contributed by atoms with Gasteiger partial charge in [0, 0.05) is 0 Å². The predicted octanol–water partition coefficient (Wildman–Crippen LogP) is 3.50. The minimum absolute atomic E-state index is 0.518. The van der Waals surface area contributed by atoms with Crippen molar-refractivity contribution in [2.24, 2.45) is 5.10 Å². The van der Waals surface area contributed by atoms with E-state index in [2.05, 4.69) is 29.6 Å². The van der Waals surface area contributed by atoms with Crippen LogP contribution in [-0.2, 0) is 11.2 Å². The molecule has 104 valence electrons. The number of hydrazone groups is 1. The van der Waals surface area contributed by atoms with Crippen molar-refractivity contribution in [3.8, 4) is 0 Å². The van der Waals surface area contributed by atoms with Gasteiger partial charge in [-0.15, -0.1) is 0 Å². The first-order chi connectivity index (χ1) is 8.81. The maximum absolute atomic E-state index is 11.5. The molecule has 1 aromatic rings. The summed E-state index contributed by atoms with van der Waals surface area (Å²) in [7, 11) is 0. The maximum atomic E-state index is 11.5. The number of rotatable bonds is 3. The summed E-state index contributed by atoms with van der Waals surface area (Å²) >= 11 is 0. The molecule has 4 heteroatoms. The fourth-order valence-corrected chi connectivity index (χ4v) is 1.48. The zero-order chi connectivity index (χ0) is 14.5. The number of nitrogens with zero attached hydrogens (tertiary/aromatic N) is 1. The molecule has 0 heterocycles. The van der Waals surface area contributed by atoms with Crippen LogP contribution in [0.25, 0.3) is 0 Å². The highest BCUT2D eigenvalue weighted by atomic mass is 16.6. The second kappa shape index (κ2) is 6.36. The van der Waals surface area contributed by atoms with Crippen LogP contribution in [0.5, 0.6) is 0 Å². The Morgan fingerprint density at radius 3 is 2.32 bits per heavy atom. The number of ether oxygens (including phenoxy) is 1. The van der Waals surface area contributed by atoms with Crippen LogP contribution in [0.1, 0.15) is 45.7 Å². The fourth-order valence-electron chi connectivity index (χ4n) is 1.48. The van der Waals surface area contributed by atoms with Crippen LogP contribution in [0.4, 0.5) is 4.79 Å². The Morgan fingerprint density at radius 1 is 1.26 bits per heavy atom. The summed E-state index contributed by atoms with van der Waals surface area (Å²) in [6, 6.07) is 8.10. The highest BCUT2D eigenvalue weighted by Crippen LogP contribution is 2.08. The highest BCUT2D eigenvalue weighted by molar-refractivity contribution is 5.99. The van der Waals surface area contributed by atoms with Crippen molar-refractivity contribution in [2.75, 3.05) is 0 Å². The normalized spacial score (nSPS) is 12.2. The zero-order valence-corrected chi connectivity index (χ0v) is 12.3. The van der Waals surface area contributed by atoms with Crippen molar-refractivity contribution >= 4 is 11.8 Å². The third kappa shape index (κ3) is 5.55. The molecule has 0 spiro atoms. The van der Waals surface area contributed by atoms with Gasteiger partial charge < -0.3 is 4.74 Å². The summed E-state index contributed by atoms with van der Waals surface area (Å²) in [6.45, 7) is 9.39. The Balaban J connectivity index is 2.63. The van der Waals surface area contributed by atoms with Crippen LogP contribution >= 0.6 is 0 Å². The molecule has 1 rings (SSSR count). The van der Waals surface area contributed by atoms with Gasteiger partial charge in [0.25, 0.3) is 0 Å². The molecule has 0 saturated heterocycles. The number of hydrogen-bond donors (Lipinski definition) is 1. The van der Waals surface area contributed by atoms with Gasteiger partial charge in [0.05, 0.1) is 5.71 Å². The highest BCUT2D eigenvalue weighted by Gasteiger charge is 2.15. The van der Waals surface area contributed by atoms with E-state index in [0.29, 0.717) is 0 Å². The Bertz CT molecular complexity index is 456. The first-order valence-corrected chi connectivity index (χ1v) is 6.44. The van der Waals surface area contributed by atoms with E-state index in [1.807, 2.05) is 39.8 Å². The minimum atomic E-state index is -0.544. The number of aryl methyl sites for hydroxylation is 1. The molecule has 1 aromatic carbocycles. The van der Waals surface area contributed by atoms with Crippen LogP contribution in [0.2, 0.25) is 0 Å². The van der Waals surface area contributed by atoms with E-state index >= 15 is 0 Å². The molecule has 0 saturated carbocycles. The van der Waals surface area contributed by atoms with E-state index in [0.717, 1.165) is 17.7 Å². The largest absolute Gasteiger partial charge is 0.443 e. The quantitative estimate of drug-likeness (QED) is 0.669. The Labute approximate surface area is 114 Å². The molecular weight excluding hydrogens is 240 g/mol. The lowest BCUT2D eigenvalue weighted by Crippen LogP contribution is -2.30. The van der Waals surface area contributed by atoms with Crippen molar-refractivity contribution in [1.29, 1.82) is 0 Å². The molecule has 1 amide bonds. The monoisotopic (exact) mass is 262 g/mol. The number of amides is 1. The molecule has 4 nitrogen and oxygen atoms in total. The van der Waals surface area contributed by atoms with Crippen LogP contribution in [0, 0.1) is 0 Å². The molecular formula is C15H22N2O2. The SMILES string of the molecule is CCc1ccc(/C(C)=N/NC(=O)OC(C)(C)C)cc1. The molecule has 0 bridgehead atoms. The Morgan fingerprint density at radius 2 is 1.84 bits per heavy atom. The molecule has 0 fully saturated rings. The lowest BCUT2D eigenvalue weighted by molar-refractivity contribution is 0.0529. The first-order valence-electron chi connectivity index (χ1n) is 6.44. The van der Waals surface area contributed by atoms with E-state index in [1.165, 1.54) is 5.56 Å². The average molecular weight is 262 g/mol. The maximum Gasteiger partial charge on any atom is 0.428 e. The second-order valence-electron chi connectivity index (χ2n) is 5.36. The van der Waals surface area contributed by atoms with E-state index in [1.54, 1.807) is 0 Å². The summed E-state index contributed by atoms with van der Waals surface area (Å²) in [5, 5.41) is 4.03. The van der Waals surface area contributed by atoms with Gasteiger partial charge in [-0.3, -0.25) is 0 Å². The second-order valence-corrected chi connectivity index (χ2v) is 5.36. The van der Waals surface area contributed by atoms with Gasteiger partial charge in [-0.25, -0.2) is 10.2 Å². The molecule has 0 aliphatic heterocycles.